The molecule has 2 amide bonds. The monoisotopic (exact) mass is 293 g/mol. The Morgan fingerprint density at radius 1 is 1.53 bits per heavy atom. The number of nitrogens with one attached hydrogen (secondary N) is 1. The highest BCUT2D eigenvalue weighted by molar-refractivity contribution is 8.18. The molecule has 1 fully saturated rings. The van der Waals surface area contributed by atoms with Gasteiger partial charge in [-0.3, -0.25) is 14.9 Å². The maximum Gasteiger partial charge on any atom is 0.286 e. The molecular formula is C9H8ClNO4S2. The molecule has 2 atom stereocenters. The fourth-order valence-electron chi connectivity index (χ4n) is 1.52. The van der Waals surface area contributed by atoms with Gasteiger partial charge in [0.05, 0.1) is 0 Å². The second-order valence-electron chi connectivity index (χ2n) is 3.45. The summed E-state index contributed by atoms with van der Waals surface area (Å²) in [6, 6.07) is 0. The highest BCUT2D eigenvalue weighted by Gasteiger charge is 2.34. The van der Waals surface area contributed by atoms with E-state index in [0.29, 0.717) is 5.57 Å². The minimum absolute atomic E-state index is 0.143. The molecule has 0 saturated carbocycles. The van der Waals surface area contributed by atoms with Crippen LogP contribution in [0, 0.1) is 0 Å². The Hall–Kier alpha value is -0.760. The van der Waals surface area contributed by atoms with Crippen molar-refractivity contribution in [1.82, 2.24) is 5.32 Å². The lowest BCUT2D eigenvalue weighted by Gasteiger charge is -2.12. The lowest BCUT2D eigenvalue weighted by atomic mass is 10.0. The van der Waals surface area contributed by atoms with Gasteiger partial charge in [-0.25, -0.2) is 4.21 Å². The average Bonchev–Trinajstić information content (AvgIpc) is 2.57. The predicted molar refractivity (Wildman–Crippen MR) is 68.4 cm³/mol. The third-order valence-corrected chi connectivity index (χ3v) is 4.84. The summed E-state index contributed by atoms with van der Waals surface area (Å²) < 4.78 is 20.5. The van der Waals surface area contributed by atoms with E-state index in [1.165, 1.54) is 6.08 Å². The number of hydrogen-bond donors (Lipinski definition) is 2. The third kappa shape index (κ3) is 2.74. The number of thioether (sulfide) groups is 1. The lowest BCUT2D eigenvalue weighted by Crippen LogP contribution is -2.26. The summed E-state index contributed by atoms with van der Waals surface area (Å²) in [5, 5.41) is 1.06. The van der Waals surface area contributed by atoms with Gasteiger partial charge in [0.1, 0.15) is 5.25 Å². The first-order chi connectivity index (χ1) is 7.88. The molecule has 0 radical (unpaired) electrons. The second-order valence-corrected chi connectivity index (χ2v) is 7.22. The van der Waals surface area contributed by atoms with Gasteiger partial charge in [0.2, 0.25) is 5.91 Å². The number of rotatable bonds is 1. The minimum Gasteiger partial charge on any atom is -0.302 e. The number of carbonyl (C=O) groups excluding carboxylic acids is 2. The largest absolute Gasteiger partial charge is 0.302 e. The molecule has 0 aromatic heterocycles. The van der Waals surface area contributed by atoms with Crippen LogP contribution in [0.25, 0.3) is 0 Å². The Labute approximate surface area is 107 Å². The number of amides is 2. The maximum absolute atomic E-state index is 11.4. The number of allylic oxidation sites excluding steroid dienone is 3. The van der Waals surface area contributed by atoms with Gasteiger partial charge in [-0.05, 0) is 23.4 Å². The average molecular weight is 294 g/mol. The number of imide groups is 1. The Bertz CT molecular complexity index is 564. The molecule has 0 spiro atoms. The van der Waals surface area contributed by atoms with Gasteiger partial charge in [0.25, 0.3) is 5.24 Å². The van der Waals surface area contributed by atoms with Crippen LogP contribution in [0.4, 0.5) is 4.79 Å². The quantitative estimate of drug-likeness (QED) is 0.562. The van der Waals surface area contributed by atoms with E-state index < -0.39 is 25.4 Å². The van der Waals surface area contributed by atoms with E-state index in [9.17, 15) is 18.4 Å². The summed E-state index contributed by atoms with van der Waals surface area (Å²) in [7, 11) is 1.81. The number of hydrogen-bond acceptors (Lipinski definition) is 4. The van der Waals surface area contributed by atoms with Crippen LogP contribution in [0.2, 0.25) is 0 Å². The van der Waals surface area contributed by atoms with Crippen molar-refractivity contribution in [3.05, 3.63) is 23.8 Å². The first-order valence-corrected chi connectivity index (χ1v) is 7.82. The molecule has 2 unspecified atom stereocenters. The van der Waals surface area contributed by atoms with Gasteiger partial charge >= 0.3 is 0 Å². The molecule has 1 aliphatic carbocycles. The van der Waals surface area contributed by atoms with E-state index in [2.05, 4.69) is 5.32 Å². The third-order valence-electron chi connectivity index (χ3n) is 2.27. The highest BCUT2D eigenvalue weighted by atomic mass is 35.7. The van der Waals surface area contributed by atoms with Crippen molar-refractivity contribution < 1.29 is 18.4 Å². The minimum atomic E-state index is -3.53. The van der Waals surface area contributed by atoms with E-state index in [1.807, 2.05) is 0 Å². The van der Waals surface area contributed by atoms with Crippen molar-refractivity contribution in [3.63, 3.8) is 0 Å². The van der Waals surface area contributed by atoms with Crippen LogP contribution >= 0.6 is 22.4 Å². The van der Waals surface area contributed by atoms with E-state index in [4.69, 9.17) is 10.7 Å². The second kappa shape index (κ2) is 4.49. The van der Waals surface area contributed by atoms with Crippen LogP contribution in [0.3, 0.4) is 0 Å². The summed E-state index contributed by atoms with van der Waals surface area (Å²) in [6.07, 6.45) is 4.96. The van der Waals surface area contributed by atoms with Crippen LogP contribution < -0.4 is 5.32 Å². The van der Waals surface area contributed by atoms with Crippen molar-refractivity contribution >= 4 is 47.5 Å². The van der Waals surface area contributed by atoms with Crippen molar-refractivity contribution in [3.8, 4) is 0 Å². The van der Waals surface area contributed by atoms with Crippen molar-refractivity contribution in [2.24, 2.45) is 0 Å². The smallest absolute Gasteiger partial charge is 0.286 e. The Morgan fingerprint density at radius 2 is 2.24 bits per heavy atom. The summed E-state index contributed by atoms with van der Waals surface area (Å²) >= 11 is 0.843. The maximum atomic E-state index is 11.4. The molecule has 2 rings (SSSR count). The van der Waals surface area contributed by atoms with Gasteiger partial charge in [0, 0.05) is 22.0 Å². The first-order valence-electron chi connectivity index (χ1n) is 4.59. The van der Waals surface area contributed by atoms with Crippen LogP contribution in [0.15, 0.2) is 23.8 Å². The molecule has 1 aliphatic heterocycles. The van der Waals surface area contributed by atoms with Crippen molar-refractivity contribution in [2.45, 2.75) is 11.7 Å². The molecule has 17 heavy (non-hydrogen) atoms. The van der Waals surface area contributed by atoms with E-state index in [1.54, 1.807) is 12.2 Å². The molecule has 0 aromatic rings. The van der Waals surface area contributed by atoms with Gasteiger partial charge in [0.15, 0.2) is 9.02 Å². The zero-order valence-electron chi connectivity index (χ0n) is 8.38. The SMILES string of the molecule is O=C1NC(=O)C(C2=CC(=S(=O)(O)Cl)CC=C2)S1. The molecule has 5 nitrogen and oxygen atoms in total. The van der Waals surface area contributed by atoms with E-state index in [0.717, 1.165) is 11.8 Å². The zero-order chi connectivity index (χ0) is 12.6. The molecule has 2 aliphatic rings. The highest BCUT2D eigenvalue weighted by Crippen LogP contribution is 2.28. The van der Waals surface area contributed by atoms with Gasteiger partial charge < -0.3 is 4.55 Å². The first kappa shape index (κ1) is 12.7. The van der Waals surface area contributed by atoms with Crippen LogP contribution in [0.5, 0.6) is 0 Å². The summed E-state index contributed by atoms with van der Waals surface area (Å²) in [5.74, 6) is -0.420. The zero-order valence-corrected chi connectivity index (χ0v) is 10.8. The van der Waals surface area contributed by atoms with Crippen molar-refractivity contribution in [1.29, 1.82) is 0 Å². The topological polar surface area (TPSA) is 83.5 Å². The Morgan fingerprint density at radius 3 is 2.76 bits per heavy atom. The Balaban J connectivity index is 2.38. The Kier molecular flexibility index (Phi) is 3.35. The molecule has 92 valence electrons. The molecule has 0 aromatic carbocycles. The van der Waals surface area contributed by atoms with Gasteiger partial charge in [-0.15, -0.1) is 0 Å². The number of halogens is 1. The lowest BCUT2D eigenvalue weighted by molar-refractivity contribution is -0.118. The van der Waals surface area contributed by atoms with Crippen LogP contribution in [-0.4, -0.2) is 30.0 Å². The number of carbonyl (C=O) groups is 2. The molecule has 1 saturated heterocycles. The fraction of sp³-hybridized carbons (Fsp3) is 0.222. The van der Waals surface area contributed by atoms with E-state index in [-0.39, 0.29) is 11.3 Å². The van der Waals surface area contributed by atoms with Crippen LogP contribution in [0.1, 0.15) is 6.42 Å². The molecular weight excluding hydrogens is 286 g/mol. The normalized spacial score (nSPS) is 27.8. The molecule has 0 bridgehead atoms. The van der Waals surface area contributed by atoms with Crippen LogP contribution in [-0.2, 0) is 13.8 Å². The summed E-state index contributed by atoms with van der Waals surface area (Å²) in [4.78, 5) is 22.6. The van der Waals surface area contributed by atoms with Crippen molar-refractivity contribution in [2.75, 3.05) is 0 Å². The predicted octanol–water partition coefficient (Wildman–Crippen LogP) is 1.31. The van der Waals surface area contributed by atoms with Gasteiger partial charge in [-0.2, -0.15) is 0 Å². The van der Waals surface area contributed by atoms with Gasteiger partial charge in [-0.1, -0.05) is 12.2 Å². The van der Waals surface area contributed by atoms with E-state index >= 15 is 0 Å². The standard InChI is InChI=1S/C9H8ClNO4S2/c10-17(14,15)6-3-1-2-5(4-6)7-8(12)11-9(13)16-7/h1-2,4,7H,3H2,(H,14,15)(H,11,12,13). The summed E-state index contributed by atoms with van der Waals surface area (Å²) in [6.45, 7) is 0. The fourth-order valence-corrected chi connectivity index (χ4v) is 3.25. The molecule has 2 N–H and O–H groups in total. The molecule has 1 heterocycles. The molecule has 8 heteroatoms. The summed E-state index contributed by atoms with van der Waals surface area (Å²) in [5.41, 5.74) is 0.502.